The van der Waals surface area contributed by atoms with Crippen LogP contribution in [0.4, 0.5) is 9.59 Å². The number of aromatic nitrogens is 4. The zero-order valence-corrected chi connectivity index (χ0v) is 30.8. The molecule has 4 amide bonds. The van der Waals surface area contributed by atoms with Crippen LogP contribution in [0.15, 0.2) is 60.9 Å². The molecule has 2 aromatic heterocycles. The lowest BCUT2D eigenvalue weighted by Gasteiger charge is -2.30. The van der Waals surface area contributed by atoms with Crippen molar-refractivity contribution in [2.75, 3.05) is 20.2 Å². The Balaban J connectivity index is 1.11. The minimum Gasteiger partial charge on any atom is -0.465 e. The zero-order valence-electron chi connectivity index (χ0n) is 30.8. The van der Waals surface area contributed by atoms with E-state index in [1.54, 1.807) is 22.2 Å². The Labute approximate surface area is 308 Å². The van der Waals surface area contributed by atoms with Crippen LogP contribution in [0.1, 0.15) is 77.1 Å². The van der Waals surface area contributed by atoms with E-state index in [0.29, 0.717) is 18.9 Å². The van der Waals surface area contributed by atoms with Crippen LogP contribution in [0.5, 0.6) is 0 Å². The van der Waals surface area contributed by atoms with Gasteiger partial charge >= 0.3 is 12.2 Å². The quantitative estimate of drug-likeness (QED) is 0.122. The Morgan fingerprint density at radius 1 is 0.698 bits per heavy atom. The van der Waals surface area contributed by atoms with Crippen LogP contribution in [0, 0.1) is 11.8 Å². The second kappa shape index (κ2) is 15.9. The predicted molar refractivity (Wildman–Crippen MR) is 198 cm³/mol. The first-order valence-electron chi connectivity index (χ1n) is 18.2. The van der Waals surface area contributed by atoms with Gasteiger partial charge in [0.2, 0.25) is 11.8 Å². The Morgan fingerprint density at radius 3 is 1.47 bits per heavy atom. The van der Waals surface area contributed by atoms with E-state index in [9.17, 15) is 24.3 Å². The summed E-state index contributed by atoms with van der Waals surface area (Å²) in [4.78, 5) is 69.8. The maximum absolute atomic E-state index is 13.5. The van der Waals surface area contributed by atoms with Crippen molar-refractivity contribution in [1.29, 1.82) is 0 Å². The number of ether oxygens (including phenoxy) is 1. The highest BCUT2D eigenvalue weighted by atomic mass is 16.5. The summed E-state index contributed by atoms with van der Waals surface area (Å²) in [5.41, 5.74) is 5.70. The SMILES string of the molecule is COC(=O)NC(C(=O)N1CCC[C@H]1c1ncc(-c2ccc(-c3ccc(-c4cnc([C@@H]5CCCN5C(=O)C(NC(=O)O)C(C)C)[nH]4)cc3)cc2)[nH]1)C(C)C. The molecule has 0 aliphatic carbocycles. The number of rotatable bonds is 11. The highest BCUT2D eigenvalue weighted by molar-refractivity contribution is 5.87. The molecule has 14 nitrogen and oxygen atoms in total. The molecule has 5 N–H and O–H groups in total. The van der Waals surface area contributed by atoms with Crippen molar-refractivity contribution in [3.63, 3.8) is 0 Å². The van der Waals surface area contributed by atoms with Crippen molar-refractivity contribution in [2.24, 2.45) is 11.8 Å². The van der Waals surface area contributed by atoms with Gasteiger partial charge in [-0.05, 0) is 59.8 Å². The van der Waals surface area contributed by atoms with E-state index < -0.39 is 24.3 Å². The summed E-state index contributed by atoms with van der Waals surface area (Å²) in [6, 6.07) is 14.4. The van der Waals surface area contributed by atoms with Gasteiger partial charge in [0.05, 0.1) is 43.0 Å². The summed E-state index contributed by atoms with van der Waals surface area (Å²) in [5, 5.41) is 14.3. The molecule has 0 spiro atoms. The molecule has 4 aromatic rings. The summed E-state index contributed by atoms with van der Waals surface area (Å²) >= 11 is 0. The smallest absolute Gasteiger partial charge is 0.407 e. The summed E-state index contributed by atoms with van der Waals surface area (Å²) in [5.74, 6) is 0.737. The summed E-state index contributed by atoms with van der Waals surface area (Å²) < 4.78 is 4.75. The van der Waals surface area contributed by atoms with Gasteiger partial charge in [-0.2, -0.15) is 0 Å². The number of hydrogen-bond donors (Lipinski definition) is 5. The van der Waals surface area contributed by atoms with E-state index in [0.717, 1.165) is 65.1 Å². The topological polar surface area (TPSA) is 186 Å². The van der Waals surface area contributed by atoms with Gasteiger partial charge in [0.25, 0.3) is 0 Å². The summed E-state index contributed by atoms with van der Waals surface area (Å²) in [6.45, 7) is 8.59. The first kappa shape index (κ1) is 37.1. The third kappa shape index (κ3) is 8.06. The lowest BCUT2D eigenvalue weighted by molar-refractivity contribution is -0.136. The third-order valence-corrected chi connectivity index (χ3v) is 10.2. The number of carbonyl (C=O) groups is 4. The largest absolute Gasteiger partial charge is 0.465 e. The average Bonchev–Trinajstić information content (AvgIpc) is 3.98. The molecule has 6 rings (SSSR count). The van der Waals surface area contributed by atoms with Crippen molar-refractivity contribution >= 4 is 24.0 Å². The maximum Gasteiger partial charge on any atom is 0.407 e. The normalized spacial score (nSPS) is 18.3. The molecule has 2 aliphatic rings. The van der Waals surface area contributed by atoms with Crippen LogP contribution in [-0.2, 0) is 14.3 Å². The number of aromatic amines is 2. The number of likely N-dealkylation sites (tertiary alicyclic amines) is 2. The molecule has 2 fully saturated rings. The monoisotopic (exact) mass is 724 g/mol. The Morgan fingerprint density at radius 2 is 1.09 bits per heavy atom. The van der Waals surface area contributed by atoms with Crippen LogP contribution in [0.25, 0.3) is 33.6 Å². The van der Waals surface area contributed by atoms with Crippen LogP contribution in [-0.4, -0.2) is 91.1 Å². The standard InChI is InChI=1S/C39H48N8O6/c1-22(2)32(44-38(50)51)36(48)46-18-6-8-30(46)34-40-20-28(42-34)26-14-10-24(11-15-26)25-12-16-27(17-13-25)29-21-41-35(43-29)31-9-7-19-47(31)37(49)33(23(3)4)45-39(52)53-5/h10-17,20-23,30-33,44H,6-9,18-19H2,1-5H3,(H,40,42)(H,41,43)(H,45,52)(H,50,51)/t30-,31-,32?,33?/m0/s1. The Hall–Kier alpha value is -5.66. The van der Waals surface area contributed by atoms with Crippen molar-refractivity contribution in [2.45, 2.75) is 77.5 Å². The highest BCUT2D eigenvalue weighted by Gasteiger charge is 2.39. The summed E-state index contributed by atoms with van der Waals surface area (Å²) in [7, 11) is 1.29. The van der Waals surface area contributed by atoms with Gasteiger partial charge < -0.3 is 40.2 Å². The molecule has 0 bridgehead atoms. The van der Waals surface area contributed by atoms with E-state index in [1.807, 2.05) is 52.0 Å². The lowest BCUT2D eigenvalue weighted by Crippen LogP contribution is -2.51. The van der Waals surface area contributed by atoms with Gasteiger partial charge in [-0.15, -0.1) is 0 Å². The number of methoxy groups -OCH3 is 1. The lowest BCUT2D eigenvalue weighted by atomic mass is 10.0. The van der Waals surface area contributed by atoms with Crippen molar-refractivity contribution < 1.29 is 29.0 Å². The predicted octanol–water partition coefficient (Wildman–Crippen LogP) is 6.13. The Kier molecular flexibility index (Phi) is 11.2. The van der Waals surface area contributed by atoms with Crippen molar-refractivity contribution in [3.8, 4) is 33.6 Å². The van der Waals surface area contributed by atoms with Crippen LogP contribution in [0.3, 0.4) is 0 Å². The molecule has 2 aromatic carbocycles. The van der Waals surface area contributed by atoms with Gasteiger partial charge in [-0.3, -0.25) is 9.59 Å². The molecule has 2 unspecified atom stereocenters. The molecule has 53 heavy (non-hydrogen) atoms. The molecular weight excluding hydrogens is 676 g/mol. The van der Waals surface area contributed by atoms with Crippen LogP contribution in [0.2, 0.25) is 0 Å². The fourth-order valence-corrected chi connectivity index (χ4v) is 7.32. The van der Waals surface area contributed by atoms with E-state index in [2.05, 4.69) is 54.8 Å². The number of hydrogen-bond acceptors (Lipinski definition) is 7. The maximum atomic E-state index is 13.5. The second-order valence-corrected chi connectivity index (χ2v) is 14.4. The molecule has 0 radical (unpaired) electrons. The molecular formula is C39H48N8O6. The third-order valence-electron chi connectivity index (χ3n) is 10.2. The van der Waals surface area contributed by atoms with Gasteiger partial charge in [0.1, 0.15) is 23.7 Å². The fraction of sp³-hybridized carbons (Fsp3) is 0.436. The first-order valence-corrected chi connectivity index (χ1v) is 18.2. The van der Waals surface area contributed by atoms with Gasteiger partial charge in [0.15, 0.2) is 0 Å². The number of benzene rings is 2. The Bertz CT molecular complexity index is 1920. The second-order valence-electron chi connectivity index (χ2n) is 14.4. The number of imidazole rings is 2. The minimum atomic E-state index is -1.21. The van der Waals surface area contributed by atoms with Crippen LogP contribution >= 0.6 is 0 Å². The van der Waals surface area contributed by atoms with Gasteiger partial charge in [-0.25, -0.2) is 19.6 Å². The number of nitrogens with zero attached hydrogens (tertiary/aromatic N) is 4. The minimum absolute atomic E-state index is 0.107. The van der Waals surface area contributed by atoms with E-state index in [-0.39, 0.29) is 35.7 Å². The van der Waals surface area contributed by atoms with Crippen molar-refractivity contribution in [3.05, 3.63) is 72.6 Å². The van der Waals surface area contributed by atoms with Crippen LogP contribution < -0.4 is 10.6 Å². The fourth-order valence-electron chi connectivity index (χ4n) is 7.32. The average molecular weight is 725 g/mol. The number of amides is 4. The zero-order chi connectivity index (χ0) is 37.8. The molecule has 2 aliphatic heterocycles. The number of nitrogens with one attached hydrogen (secondary N) is 4. The molecule has 14 heteroatoms. The molecule has 280 valence electrons. The van der Waals surface area contributed by atoms with Crippen molar-refractivity contribution in [1.82, 2.24) is 40.4 Å². The number of carboxylic acid groups (broad SMARTS) is 1. The van der Waals surface area contributed by atoms with E-state index >= 15 is 0 Å². The molecule has 0 saturated carbocycles. The van der Waals surface area contributed by atoms with E-state index in [1.165, 1.54) is 7.11 Å². The van der Waals surface area contributed by atoms with E-state index in [4.69, 9.17) is 4.74 Å². The van der Waals surface area contributed by atoms with Gasteiger partial charge in [0, 0.05) is 13.1 Å². The molecule has 2 saturated heterocycles. The van der Waals surface area contributed by atoms with Gasteiger partial charge in [-0.1, -0.05) is 76.2 Å². The number of alkyl carbamates (subject to hydrolysis) is 1. The molecule has 4 atom stereocenters. The summed E-state index contributed by atoms with van der Waals surface area (Å²) in [6.07, 6.45) is 4.91. The highest BCUT2D eigenvalue weighted by Crippen LogP contribution is 2.35. The number of H-pyrrole nitrogens is 2. The molecule has 4 heterocycles. The number of carbonyl (C=O) groups excluding carboxylic acids is 3. The first-order chi connectivity index (χ1) is 25.4.